The first-order valence-electron chi connectivity index (χ1n) is 6.08. The normalized spacial score (nSPS) is 19.1. The summed E-state index contributed by atoms with van der Waals surface area (Å²) in [6.45, 7) is 3.22. The van der Waals surface area contributed by atoms with Crippen LogP contribution in [0.4, 0.5) is 0 Å². The quantitative estimate of drug-likeness (QED) is 0.647. The molecule has 15 heavy (non-hydrogen) atoms. The van der Waals surface area contributed by atoms with E-state index in [2.05, 4.69) is 31.2 Å². The van der Waals surface area contributed by atoms with Crippen molar-refractivity contribution in [1.29, 1.82) is 0 Å². The molecule has 0 aromatic heterocycles. The molecule has 1 aliphatic heterocycles. The van der Waals surface area contributed by atoms with Crippen LogP contribution < -0.4 is 0 Å². The third-order valence-electron chi connectivity index (χ3n) is 3.00. The number of ether oxygens (including phenoxy) is 1. The molecule has 1 heterocycles. The Morgan fingerprint density at radius 3 is 2.27 bits per heavy atom. The predicted octanol–water partition coefficient (Wildman–Crippen LogP) is 3.36. The van der Waals surface area contributed by atoms with Crippen LogP contribution in [0.3, 0.4) is 0 Å². The third-order valence-corrected chi connectivity index (χ3v) is 3.00. The minimum atomic E-state index is 0.560. The van der Waals surface area contributed by atoms with E-state index in [9.17, 15) is 0 Å². The fourth-order valence-electron chi connectivity index (χ4n) is 1.82. The lowest BCUT2D eigenvalue weighted by molar-refractivity contribution is 0.397. The zero-order valence-electron chi connectivity index (χ0n) is 9.54. The second-order valence-corrected chi connectivity index (χ2v) is 4.41. The van der Waals surface area contributed by atoms with Gasteiger partial charge in [-0.1, -0.05) is 37.6 Å². The van der Waals surface area contributed by atoms with Crippen LogP contribution in [0.5, 0.6) is 0 Å². The van der Waals surface area contributed by atoms with Gasteiger partial charge in [-0.05, 0) is 36.8 Å². The van der Waals surface area contributed by atoms with Gasteiger partial charge in [-0.2, -0.15) is 0 Å². The Morgan fingerprint density at radius 2 is 1.73 bits per heavy atom. The molecule has 0 radical (unpaired) electrons. The molecular formula is C14H20O. The van der Waals surface area contributed by atoms with E-state index in [4.69, 9.17) is 4.74 Å². The molecule has 1 aromatic rings. The lowest BCUT2D eigenvalue weighted by Gasteiger charge is -2.02. The Kier molecular flexibility index (Phi) is 3.79. The highest BCUT2D eigenvalue weighted by Gasteiger charge is 2.21. The zero-order chi connectivity index (χ0) is 10.5. The van der Waals surface area contributed by atoms with Crippen molar-refractivity contribution < 1.29 is 4.74 Å². The Labute approximate surface area is 92.5 Å². The first-order chi connectivity index (χ1) is 7.38. The minimum absolute atomic E-state index is 0.560. The Bertz CT molecular complexity index is 285. The van der Waals surface area contributed by atoms with Gasteiger partial charge < -0.3 is 4.74 Å². The van der Waals surface area contributed by atoms with Gasteiger partial charge in [-0.25, -0.2) is 0 Å². The molecule has 82 valence electrons. The summed E-state index contributed by atoms with van der Waals surface area (Å²) in [4.78, 5) is 0. The summed E-state index contributed by atoms with van der Waals surface area (Å²) in [5.74, 6) is 0. The van der Waals surface area contributed by atoms with Crippen molar-refractivity contribution >= 4 is 0 Å². The first-order valence-corrected chi connectivity index (χ1v) is 6.08. The number of benzene rings is 1. The van der Waals surface area contributed by atoms with E-state index in [0.29, 0.717) is 6.10 Å². The van der Waals surface area contributed by atoms with Gasteiger partial charge in [0.25, 0.3) is 0 Å². The number of hydrogen-bond acceptors (Lipinski definition) is 1. The topological polar surface area (TPSA) is 12.5 Å². The highest BCUT2D eigenvalue weighted by Crippen LogP contribution is 2.17. The van der Waals surface area contributed by atoms with E-state index in [1.165, 1.54) is 43.2 Å². The molecule has 1 aliphatic rings. The SMILES string of the molecule is CCCCc1ccc(CCC2CO2)cc1. The number of hydrogen-bond donors (Lipinski definition) is 0. The van der Waals surface area contributed by atoms with E-state index >= 15 is 0 Å². The molecule has 1 fully saturated rings. The summed E-state index contributed by atoms with van der Waals surface area (Å²) in [7, 11) is 0. The van der Waals surface area contributed by atoms with Crippen molar-refractivity contribution in [2.75, 3.05) is 6.61 Å². The molecule has 1 atom stereocenters. The van der Waals surface area contributed by atoms with E-state index in [0.717, 1.165) is 6.61 Å². The van der Waals surface area contributed by atoms with Gasteiger partial charge in [0.2, 0.25) is 0 Å². The van der Waals surface area contributed by atoms with Gasteiger partial charge >= 0.3 is 0 Å². The summed E-state index contributed by atoms with van der Waals surface area (Å²) < 4.78 is 5.21. The van der Waals surface area contributed by atoms with Crippen molar-refractivity contribution in [2.45, 2.75) is 45.1 Å². The van der Waals surface area contributed by atoms with Gasteiger partial charge in [0, 0.05) is 0 Å². The molecule has 0 saturated carbocycles. The molecule has 0 spiro atoms. The summed E-state index contributed by atoms with van der Waals surface area (Å²) >= 11 is 0. The third kappa shape index (κ3) is 3.67. The van der Waals surface area contributed by atoms with Gasteiger partial charge in [0.15, 0.2) is 0 Å². The van der Waals surface area contributed by atoms with E-state index in [-0.39, 0.29) is 0 Å². The van der Waals surface area contributed by atoms with Crippen LogP contribution in [0.15, 0.2) is 24.3 Å². The Morgan fingerprint density at radius 1 is 1.13 bits per heavy atom. The predicted molar refractivity (Wildman–Crippen MR) is 63.1 cm³/mol. The summed E-state index contributed by atoms with van der Waals surface area (Å²) in [5.41, 5.74) is 2.93. The van der Waals surface area contributed by atoms with Crippen LogP contribution in [0.2, 0.25) is 0 Å². The summed E-state index contributed by atoms with van der Waals surface area (Å²) in [5, 5.41) is 0. The van der Waals surface area contributed by atoms with E-state index < -0.39 is 0 Å². The van der Waals surface area contributed by atoms with Crippen molar-refractivity contribution in [2.24, 2.45) is 0 Å². The Balaban J connectivity index is 1.79. The average Bonchev–Trinajstić information content (AvgIpc) is 3.09. The van der Waals surface area contributed by atoms with Crippen molar-refractivity contribution in [3.05, 3.63) is 35.4 Å². The van der Waals surface area contributed by atoms with Gasteiger partial charge in [-0.3, -0.25) is 0 Å². The lowest BCUT2D eigenvalue weighted by atomic mass is 10.0. The molecule has 1 saturated heterocycles. The number of epoxide rings is 1. The van der Waals surface area contributed by atoms with Gasteiger partial charge in [0.1, 0.15) is 0 Å². The first kappa shape index (κ1) is 10.7. The van der Waals surface area contributed by atoms with Crippen molar-refractivity contribution in [3.8, 4) is 0 Å². The summed E-state index contributed by atoms with van der Waals surface area (Å²) in [6.07, 6.45) is 6.72. The fraction of sp³-hybridized carbons (Fsp3) is 0.571. The smallest absolute Gasteiger partial charge is 0.0813 e. The highest BCUT2D eigenvalue weighted by atomic mass is 16.6. The van der Waals surface area contributed by atoms with E-state index in [1.54, 1.807) is 0 Å². The monoisotopic (exact) mass is 204 g/mol. The van der Waals surface area contributed by atoms with Crippen LogP contribution in [0, 0.1) is 0 Å². The molecule has 0 bridgehead atoms. The Hall–Kier alpha value is -0.820. The van der Waals surface area contributed by atoms with Gasteiger partial charge in [0.05, 0.1) is 12.7 Å². The van der Waals surface area contributed by atoms with Crippen molar-refractivity contribution in [1.82, 2.24) is 0 Å². The van der Waals surface area contributed by atoms with Crippen LogP contribution in [0.25, 0.3) is 0 Å². The minimum Gasteiger partial charge on any atom is -0.373 e. The van der Waals surface area contributed by atoms with Crippen LogP contribution in [-0.4, -0.2) is 12.7 Å². The van der Waals surface area contributed by atoms with Crippen LogP contribution in [-0.2, 0) is 17.6 Å². The molecule has 1 unspecified atom stereocenters. The fourth-order valence-corrected chi connectivity index (χ4v) is 1.82. The molecular weight excluding hydrogens is 184 g/mol. The zero-order valence-corrected chi connectivity index (χ0v) is 9.54. The molecule has 0 amide bonds. The molecule has 2 rings (SSSR count). The number of rotatable bonds is 6. The van der Waals surface area contributed by atoms with E-state index in [1.807, 2.05) is 0 Å². The maximum atomic E-state index is 5.21. The van der Waals surface area contributed by atoms with Crippen molar-refractivity contribution in [3.63, 3.8) is 0 Å². The average molecular weight is 204 g/mol. The standard InChI is InChI=1S/C14H20O/c1-2-3-4-12-5-7-13(8-6-12)9-10-14-11-15-14/h5-8,14H,2-4,9-11H2,1H3. The molecule has 1 nitrogen and oxygen atoms in total. The largest absolute Gasteiger partial charge is 0.373 e. The molecule has 1 aromatic carbocycles. The number of aryl methyl sites for hydroxylation is 2. The molecule has 0 aliphatic carbocycles. The van der Waals surface area contributed by atoms with Crippen LogP contribution >= 0.6 is 0 Å². The van der Waals surface area contributed by atoms with Crippen LogP contribution in [0.1, 0.15) is 37.3 Å². The number of unbranched alkanes of at least 4 members (excludes halogenated alkanes) is 1. The molecule has 0 N–H and O–H groups in total. The second-order valence-electron chi connectivity index (χ2n) is 4.41. The van der Waals surface area contributed by atoms with Gasteiger partial charge in [-0.15, -0.1) is 0 Å². The second kappa shape index (κ2) is 5.32. The maximum Gasteiger partial charge on any atom is 0.0813 e. The summed E-state index contributed by atoms with van der Waals surface area (Å²) in [6, 6.07) is 9.10. The highest BCUT2D eigenvalue weighted by molar-refractivity contribution is 5.22. The lowest BCUT2D eigenvalue weighted by Crippen LogP contribution is -1.92. The maximum absolute atomic E-state index is 5.21. The molecule has 1 heteroatoms.